The highest BCUT2D eigenvalue weighted by Crippen LogP contribution is 2.19. The van der Waals surface area contributed by atoms with E-state index in [0.29, 0.717) is 5.52 Å². The van der Waals surface area contributed by atoms with Crippen molar-refractivity contribution in [3.63, 3.8) is 0 Å². The Morgan fingerprint density at radius 2 is 2.42 bits per heavy atom. The van der Waals surface area contributed by atoms with Gasteiger partial charge >= 0.3 is 5.97 Å². The summed E-state index contributed by atoms with van der Waals surface area (Å²) >= 11 is 1.15. The molecule has 0 amide bonds. The van der Waals surface area contributed by atoms with Gasteiger partial charge in [-0.15, -0.1) is 0 Å². The highest BCUT2D eigenvalue weighted by Gasteiger charge is 2.12. The smallest absolute Gasteiger partial charge is 0.357 e. The highest BCUT2D eigenvalue weighted by molar-refractivity contribution is 7.13. The van der Waals surface area contributed by atoms with Crippen molar-refractivity contribution in [3.05, 3.63) is 24.0 Å². The number of carboxylic acid groups (broad SMARTS) is 1. The van der Waals surface area contributed by atoms with E-state index in [1.165, 1.54) is 0 Å². The molecule has 2 aromatic heterocycles. The molecule has 0 aliphatic carbocycles. The minimum absolute atomic E-state index is 0.0376. The summed E-state index contributed by atoms with van der Waals surface area (Å²) in [7, 11) is 0. The number of nitrogens with zero attached hydrogens (tertiary/aromatic N) is 2. The maximum atomic E-state index is 10.6. The van der Waals surface area contributed by atoms with Crippen LogP contribution in [0.15, 0.2) is 18.3 Å². The van der Waals surface area contributed by atoms with Crippen molar-refractivity contribution in [1.29, 1.82) is 0 Å². The Bertz CT molecular complexity index is 438. The van der Waals surface area contributed by atoms with Crippen LogP contribution in [-0.2, 0) is 0 Å². The molecular weight excluding hydrogens is 176 g/mol. The van der Waals surface area contributed by atoms with Crippen molar-refractivity contribution < 1.29 is 9.90 Å². The number of aromatic nitrogens is 2. The summed E-state index contributed by atoms with van der Waals surface area (Å²) < 4.78 is 4.58. The highest BCUT2D eigenvalue weighted by atomic mass is 32.1. The molecule has 0 atom stereocenters. The second-order valence-electron chi connectivity index (χ2n) is 2.19. The Hall–Kier alpha value is -1.49. The fourth-order valence-electron chi connectivity index (χ4n) is 0.920. The summed E-state index contributed by atoms with van der Waals surface area (Å²) in [4.78, 5) is 14.5. The number of carbonyl (C=O) groups is 1. The first kappa shape index (κ1) is 7.17. The molecule has 0 aliphatic heterocycles. The predicted octanol–water partition coefficient (Wildman–Crippen LogP) is 1.39. The molecule has 2 aromatic rings. The summed E-state index contributed by atoms with van der Waals surface area (Å²) in [6, 6.07) is 3.55. The largest absolute Gasteiger partial charge is 0.476 e. The van der Waals surface area contributed by atoms with E-state index in [2.05, 4.69) is 9.36 Å². The van der Waals surface area contributed by atoms with Gasteiger partial charge in [0.1, 0.15) is 5.52 Å². The van der Waals surface area contributed by atoms with Crippen LogP contribution in [0.3, 0.4) is 0 Å². The fraction of sp³-hybridized carbons (Fsp3) is 0. The standard InChI is InChI=1S/C7H4N2O2S/c10-7(11)6-5-4(12-9-6)2-1-3-8-5/h1-3H,(H,10,11). The van der Waals surface area contributed by atoms with Gasteiger partial charge in [0.25, 0.3) is 0 Å². The van der Waals surface area contributed by atoms with Crippen LogP contribution in [0.5, 0.6) is 0 Å². The number of fused-ring (bicyclic) bond motifs is 1. The summed E-state index contributed by atoms with van der Waals surface area (Å²) in [5.41, 5.74) is 0.505. The molecule has 0 unspecified atom stereocenters. The number of hydrogen-bond acceptors (Lipinski definition) is 4. The van der Waals surface area contributed by atoms with Crippen LogP contribution in [0.4, 0.5) is 0 Å². The molecule has 1 N–H and O–H groups in total. The van der Waals surface area contributed by atoms with Crippen LogP contribution in [0.25, 0.3) is 10.2 Å². The Balaban J connectivity index is 2.79. The molecule has 0 spiro atoms. The molecule has 4 nitrogen and oxygen atoms in total. The first-order valence-corrected chi connectivity index (χ1v) is 4.00. The Morgan fingerprint density at radius 1 is 1.58 bits per heavy atom. The summed E-state index contributed by atoms with van der Waals surface area (Å²) in [5.74, 6) is -1.03. The third-order valence-corrected chi connectivity index (χ3v) is 2.23. The zero-order valence-corrected chi connectivity index (χ0v) is 6.71. The number of aromatic carboxylic acids is 1. The summed E-state index contributed by atoms with van der Waals surface area (Å²) in [5, 5.41) is 8.68. The zero-order chi connectivity index (χ0) is 8.55. The van der Waals surface area contributed by atoms with Gasteiger partial charge in [0.05, 0.1) is 4.70 Å². The van der Waals surface area contributed by atoms with Gasteiger partial charge in [-0.05, 0) is 23.7 Å². The molecule has 2 heterocycles. The van der Waals surface area contributed by atoms with Gasteiger partial charge in [0, 0.05) is 6.20 Å². The van der Waals surface area contributed by atoms with E-state index in [-0.39, 0.29) is 5.69 Å². The first-order chi connectivity index (χ1) is 5.79. The van der Waals surface area contributed by atoms with Crippen LogP contribution in [-0.4, -0.2) is 20.4 Å². The second kappa shape index (κ2) is 2.53. The molecule has 0 saturated carbocycles. The monoisotopic (exact) mass is 180 g/mol. The zero-order valence-electron chi connectivity index (χ0n) is 5.89. The van der Waals surface area contributed by atoms with Crippen molar-refractivity contribution in [3.8, 4) is 0 Å². The molecule has 0 radical (unpaired) electrons. The topological polar surface area (TPSA) is 63.1 Å². The third kappa shape index (κ3) is 0.947. The molecule has 60 valence electrons. The molecule has 0 saturated heterocycles. The summed E-state index contributed by atoms with van der Waals surface area (Å²) in [6.07, 6.45) is 1.56. The molecule has 12 heavy (non-hydrogen) atoms. The Labute approximate surface area is 71.7 Å². The average Bonchev–Trinajstić information content (AvgIpc) is 2.47. The van der Waals surface area contributed by atoms with E-state index in [4.69, 9.17) is 5.11 Å². The van der Waals surface area contributed by atoms with E-state index >= 15 is 0 Å². The van der Waals surface area contributed by atoms with Crippen LogP contribution in [0, 0.1) is 0 Å². The average molecular weight is 180 g/mol. The van der Waals surface area contributed by atoms with Crippen LogP contribution in [0.2, 0.25) is 0 Å². The Morgan fingerprint density at radius 3 is 3.17 bits per heavy atom. The predicted molar refractivity (Wildman–Crippen MR) is 44.4 cm³/mol. The molecule has 5 heteroatoms. The molecule has 0 aliphatic rings. The van der Waals surface area contributed by atoms with Crippen molar-refractivity contribution >= 4 is 27.7 Å². The van der Waals surface area contributed by atoms with Gasteiger partial charge in [-0.3, -0.25) is 4.98 Å². The lowest BCUT2D eigenvalue weighted by Crippen LogP contribution is -1.96. The molecule has 0 aromatic carbocycles. The minimum atomic E-state index is -1.03. The minimum Gasteiger partial charge on any atom is -0.476 e. The van der Waals surface area contributed by atoms with Crippen LogP contribution >= 0.6 is 11.5 Å². The van der Waals surface area contributed by atoms with Gasteiger partial charge in [-0.25, -0.2) is 4.79 Å². The van der Waals surface area contributed by atoms with Gasteiger partial charge in [0.2, 0.25) is 0 Å². The van der Waals surface area contributed by atoms with E-state index in [1.54, 1.807) is 18.3 Å². The molecule has 0 bridgehead atoms. The number of pyridine rings is 1. The molecule has 0 fully saturated rings. The van der Waals surface area contributed by atoms with E-state index in [9.17, 15) is 4.79 Å². The summed E-state index contributed by atoms with van der Waals surface area (Å²) in [6.45, 7) is 0. The van der Waals surface area contributed by atoms with Gasteiger partial charge in [-0.1, -0.05) is 0 Å². The Kier molecular flexibility index (Phi) is 1.51. The van der Waals surface area contributed by atoms with E-state index in [0.717, 1.165) is 16.2 Å². The SMILES string of the molecule is O=C(O)c1nsc2cccnc12. The van der Waals surface area contributed by atoms with Crippen molar-refractivity contribution in [1.82, 2.24) is 9.36 Å². The molecule has 2 rings (SSSR count). The number of rotatable bonds is 1. The second-order valence-corrected chi connectivity index (χ2v) is 2.99. The molecular formula is C7H4N2O2S. The lowest BCUT2D eigenvalue weighted by atomic mass is 10.3. The fourth-order valence-corrected chi connectivity index (χ4v) is 1.65. The van der Waals surface area contributed by atoms with Crippen molar-refractivity contribution in [2.24, 2.45) is 0 Å². The van der Waals surface area contributed by atoms with Crippen molar-refractivity contribution in [2.75, 3.05) is 0 Å². The van der Waals surface area contributed by atoms with Gasteiger partial charge in [0.15, 0.2) is 5.69 Å². The first-order valence-electron chi connectivity index (χ1n) is 3.23. The maximum Gasteiger partial charge on any atom is 0.357 e. The third-order valence-electron chi connectivity index (χ3n) is 1.43. The number of carboxylic acids is 1. The lowest BCUT2D eigenvalue weighted by Gasteiger charge is -1.86. The maximum absolute atomic E-state index is 10.6. The lowest BCUT2D eigenvalue weighted by molar-refractivity contribution is 0.0694. The normalized spacial score (nSPS) is 10.3. The van der Waals surface area contributed by atoms with Crippen LogP contribution in [0.1, 0.15) is 10.5 Å². The van der Waals surface area contributed by atoms with Crippen LogP contribution < -0.4 is 0 Å². The van der Waals surface area contributed by atoms with Gasteiger partial charge < -0.3 is 5.11 Å². The van der Waals surface area contributed by atoms with E-state index in [1.807, 2.05) is 0 Å². The van der Waals surface area contributed by atoms with E-state index < -0.39 is 5.97 Å². The quantitative estimate of drug-likeness (QED) is 0.720. The van der Waals surface area contributed by atoms with Crippen molar-refractivity contribution in [2.45, 2.75) is 0 Å². The number of hydrogen-bond donors (Lipinski definition) is 1. The van der Waals surface area contributed by atoms with Gasteiger partial charge in [-0.2, -0.15) is 4.37 Å².